The molecule has 0 radical (unpaired) electrons. The summed E-state index contributed by atoms with van der Waals surface area (Å²) in [6, 6.07) is 0. The maximum absolute atomic E-state index is 11.6. The van der Waals surface area contributed by atoms with Gasteiger partial charge in [0, 0.05) is 0 Å². The summed E-state index contributed by atoms with van der Waals surface area (Å²) in [5.41, 5.74) is 0. The molecule has 1 unspecified atom stereocenters. The van der Waals surface area contributed by atoms with E-state index in [1.807, 2.05) is 0 Å². The van der Waals surface area contributed by atoms with Crippen molar-refractivity contribution in [1.29, 1.82) is 0 Å². The number of rotatable bonds is 1. The first-order chi connectivity index (χ1) is 6.59. The summed E-state index contributed by atoms with van der Waals surface area (Å²) in [5.74, 6) is -0.227. The molecular weight excluding hydrogens is 349 g/mol. The van der Waals surface area contributed by atoms with Crippen molar-refractivity contribution in [2.24, 2.45) is 0 Å². The van der Waals surface area contributed by atoms with E-state index in [2.05, 4.69) is 25.8 Å². The molecule has 2 amide bonds. The molecule has 0 aliphatic carbocycles. The molecule has 1 atom stereocenters. The van der Waals surface area contributed by atoms with Gasteiger partial charge in [0.2, 0.25) is 0 Å². The second-order valence-corrected chi connectivity index (χ2v) is 12.4. The van der Waals surface area contributed by atoms with Gasteiger partial charge in [0.1, 0.15) is 0 Å². The molecule has 2 heterocycles. The Morgan fingerprint density at radius 3 is 2.71 bits per heavy atom. The number of nitrogens with zero attached hydrogens (tertiary/aromatic N) is 1. The minimum atomic E-state index is -2.02. The third kappa shape index (κ3) is 1.72. The normalized spacial score (nSPS) is 26.4. The van der Waals surface area contributed by atoms with Gasteiger partial charge in [-0.2, -0.15) is 0 Å². The summed E-state index contributed by atoms with van der Waals surface area (Å²) in [6.07, 6.45) is 3.65. The van der Waals surface area contributed by atoms with E-state index in [4.69, 9.17) is 0 Å². The van der Waals surface area contributed by atoms with Crippen molar-refractivity contribution >= 4 is 49.2 Å². The first-order valence-electron chi connectivity index (χ1n) is 4.45. The fraction of sp³-hybridized carbons (Fsp3) is 0.333. The number of hydrogen-bond acceptors (Lipinski definition) is 2. The topological polar surface area (TPSA) is 37.4 Å². The SMILES string of the molecule is CN1C(=O)C=[C]([In]2[CH]=CC(Br)[CH2]2)C1=O. The van der Waals surface area contributed by atoms with Crippen LogP contribution < -0.4 is 0 Å². The zero-order valence-corrected chi connectivity index (χ0v) is 12.6. The van der Waals surface area contributed by atoms with E-state index in [-0.39, 0.29) is 11.8 Å². The summed E-state index contributed by atoms with van der Waals surface area (Å²) in [7, 11) is 1.55. The number of carbonyl (C=O) groups excluding carboxylic acids is 2. The van der Waals surface area contributed by atoms with Gasteiger partial charge in [-0.15, -0.1) is 0 Å². The summed E-state index contributed by atoms with van der Waals surface area (Å²) in [5, 5.41) is 0. The van der Waals surface area contributed by atoms with Crippen molar-refractivity contribution < 1.29 is 9.59 Å². The average molecular weight is 358 g/mol. The van der Waals surface area contributed by atoms with Crippen molar-refractivity contribution in [3.8, 4) is 0 Å². The van der Waals surface area contributed by atoms with Crippen LogP contribution in [0.25, 0.3) is 0 Å². The van der Waals surface area contributed by atoms with Crippen LogP contribution in [0.1, 0.15) is 0 Å². The van der Waals surface area contributed by atoms with E-state index in [1.54, 1.807) is 13.1 Å². The second kappa shape index (κ2) is 3.85. The predicted octanol–water partition coefficient (Wildman–Crippen LogP) is 0.818. The first-order valence-corrected chi connectivity index (χ1v) is 11.3. The van der Waals surface area contributed by atoms with Gasteiger partial charge < -0.3 is 0 Å². The third-order valence-corrected chi connectivity index (χ3v) is 13.6. The number of hydrogen-bond donors (Lipinski definition) is 0. The fourth-order valence-corrected chi connectivity index (χ4v) is 13.1. The van der Waals surface area contributed by atoms with Crippen LogP contribution in [0.4, 0.5) is 0 Å². The van der Waals surface area contributed by atoms with Gasteiger partial charge >= 0.3 is 99.0 Å². The van der Waals surface area contributed by atoms with Crippen molar-refractivity contribution in [2.75, 3.05) is 7.05 Å². The van der Waals surface area contributed by atoms with Crippen LogP contribution in [0.5, 0.6) is 0 Å². The Labute approximate surface area is 98.5 Å². The summed E-state index contributed by atoms with van der Waals surface area (Å²) < 4.78 is 4.09. The first kappa shape index (κ1) is 10.5. The van der Waals surface area contributed by atoms with Gasteiger partial charge in [0.25, 0.3) is 0 Å². The molecule has 2 rings (SSSR count). The summed E-state index contributed by atoms with van der Waals surface area (Å²) in [4.78, 5) is 24.5. The molecule has 2 aliphatic heterocycles. The molecule has 3 nitrogen and oxygen atoms in total. The second-order valence-electron chi connectivity index (χ2n) is 3.55. The third-order valence-electron chi connectivity index (χ3n) is 2.59. The van der Waals surface area contributed by atoms with Crippen LogP contribution in [0.2, 0.25) is 4.18 Å². The van der Waals surface area contributed by atoms with E-state index >= 15 is 0 Å². The standard InChI is InChI=1S/C5H4NO2.C4H5Br.In/c1-6-4(7)2-3-5(6)8;1-3-4(2)5;/h2H,1H3;1,3-4H,2H2;. The van der Waals surface area contributed by atoms with E-state index in [0.717, 1.165) is 7.51 Å². The van der Waals surface area contributed by atoms with Crippen LogP contribution in [0, 0.1) is 0 Å². The number of allylic oxidation sites excluding steroid dienone is 1. The number of amides is 2. The molecule has 0 aromatic carbocycles. The molecule has 5 heteroatoms. The molecule has 2 aliphatic rings. The Bertz CT molecular complexity index is 364. The number of imide groups is 1. The number of alkyl halides is 1. The molecule has 0 aromatic heterocycles. The minimum absolute atomic E-state index is 0.0675. The van der Waals surface area contributed by atoms with E-state index in [1.165, 1.54) is 4.90 Å². The monoisotopic (exact) mass is 357 g/mol. The van der Waals surface area contributed by atoms with Gasteiger partial charge in [-0.05, 0) is 0 Å². The molecule has 0 spiro atoms. The Morgan fingerprint density at radius 1 is 1.57 bits per heavy atom. The van der Waals surface area contributed by atoms with Gasteiger partial charge in [-0.3, -0.25) is 0 Å². The zero-order valence-electron chi connectivity index (χ0n) is 7.74. The van der Waals surface area contributed by atoms with Crippen molar-refractivity contribution in [2.45, 2.75) is 9.00 Å². The summed E-state index contributed by atoms with van der Waals surface area (Å²) >= 11 is 1.48. The zero-order chi connectivity index (χ0) is 10.3. The van der Waals surface area contributed by atoms with Crippen LogP contribution in [0.3, 0.4) is 0 Å². The molecule has 0 saturated heterocycles. The fourth-order valence-electron chi connectivity index (χ4n) is 1.74. The summed E-state index contributed by atoms with van der Waals surface area (Å²) in [6.45, 7) is 0. The Morgan fingerprint density at radius 2 is 2.29 bits per heavy atom. The molecule has 0 aromatic rings. The van der Waals surface area contributed by atoms with Gasteiger partial charge in [-0.1, -0.05) is 0 Å². The molecule has 0 saturated carbocycles. The van der Waals surface area contributed by atoms with Gasteiger partial charge in [0.05, 0.1) is 0 Å². The Hall–Kier alpha value is -0.0299. The van der Waals surface area contributed by atoms with Crippen LogP contribution in [0.15, 0.2) is 19.3 Å². The number of halogens is 1. The molecule has 14 heavy (non-hydrogen) atoms. The van der Waals surface area contributed by atoms with E-state index in [0.29, 0.717) is 4.83 Å². The van der Waals surface area contributed by atoms with Crippen LogP contribution >= 0.6 is 15.9 Å². The van der Waals surface area contributed by atoms with Crippen molar-refractivity contribution in [3.63, 3.8) is 0 Å². The van der Waals surface area contributed by atoms with Crippen molar-refractivity contribution in [1.82, 2.24) is 4.90 Å². The molecular formula is C9H9BrInNO2. The maximum atomic E-state index is 11.6. The van der Waals surface area contributed by atoms with E-state index < -0.39 is 21.4 Å². The molecule has 72 valence electrons. The molecule has 0 fully saturated rings. The average Bonchev–Trinajstić information content (AvgIpc) is 2.66. The quantitative estimate of drug-likeness (QED) is 0.514. The Kier molecular flexibility index (Phi) is 2.88. The van der Waals surface area contributed by atoms with Gasteiger partial charge in [-0.25, -0.2) is 0 Å². The van der Waals surface area contributed by atoms with Gasteiger partial charge in [0.15, 0.2) is 0 Å². The Balaban J connectivity index is 2.21. The molecule has 0 N–H and O–H groups in total. The van der Waals surface area contributed by atoms with E-state index in [9.17, 15) is 9.59 Å². The predicted molar refractivity (Wildman–Crippen MR) is 58.3 cm³/mol. The molecule has 0 bridgehead atoms. The van der Waals surface area contributed by atoms with Crippen LogP contribution in [-0.4, -0.2) is 50.0 Å². The van der Waals surface area contributed by atoms with Crippen LogP contribution in [-0.2, 0) is 9.59 Å². The van der Waals surface area contributed by atoms with Crippen molar-refractivity contribution in [3.05, 3.63) is 19.3 Å². The number of likely N-dealkylation sites (N-methyl/N-ethyl adjacent to an activating group) is 1. The number of carbonyl (C=O) groups is 2.